The Labute approximate surface area is 152 Å². The Bertz CT molecular complexity index is 868. The average Bonchev–Trinajstić information content (AvgIpc) is 3.24. The van der Waals surface area contributed by atoms with E-state index < -0.39 is 0 Å². The highest BCUT2D eigenvalue weighted by Gasteiger charge is 2.16. The van der Waals surface area contributed by atoms with Gasteiger partial charge in [0.05, 0.1) is 17.9 Å². The summed E-state index contributed by atoms with van der Waals surface area (Å²) in [7, 11) is 3.75. The number of amides is 1. The van der Waals surface area contributed by atoms with Crippen molar-refractivity contribution < 1.29 is 4.79 Å². The molecule has 3 aromatic rings. The maximum absolute atomic E-state index is 12.3. The minimum absolute atomic E-state index is 0.0680. The van der Waals surface area contributed by atoms with Crippen LogP contribution in [0.4, 0.5) is 5.82 Å². The van der Waals surface area contributed by atoms with Gasteiger partial charge in [-0.25, -0.2) is 9.67 Å². The van der Waals surface area contributed by atoms with Crippen LogP contribution in [0.3, 0.4) is 0 Å². The Kier molecular flexibility index (Phi) is 5.13. The quantitative estimate of drug-likeness (QED) is 0.732. The maximum atomic E-state index is 12.3. The number of nitrogens with zero attached hydrogens (tertiary/aromatic N) is 6. The molecular weight excluding hydrogens is 330 g/mol. The summed E-state index contributed by atoms with van der Waals surface area (Å²) in [6.07, 6.45) is 3.17. The van der Waals surface area contributed by atoms with Crippen molar-refractivity contribution in [3.05, 3.63) is 54.2 Å². The van der Waals surface area contributed by atoms with Crippen molar-refractivity contribution in [2.75, 3.05) is 18.9 Å². The van der Waals surface area contributed by atoms with Crippen molar-refractivity contribution in [2.45, 2.75) is 19.9 Å². The monoisotopic (exact) mass is 353 g/mol. The van der Waals surface area contributed by atoms with Crippen molar-refractivity contribution >= 4 is 11.7 Å². The lowest BCUT2D eigenvalue weighted by molar-refractivity contribution is -0.117. The molecule has 2 aromatic heterocycles. The molecule has 26 heavy (non-hydrogen) atoms. The third-order valence-electron chi connectivity index (χ3n) is 4.38. The molecule has 0 aliphatic carbocycles. The van der Waals surface area contributed by atoms with Gasteiger partial charge < -0.3 is 5.32 Å². The molecule has 1 N–H and O–H groups in total. The van der Waals surface area contributed by atoms with Crippen molar-refractivity contribution in [1.29, 1.82) is 0 Å². The first-order valence-corrected chi connectivity index (χ1v) is 8.39. The summed E-state index contributed by atoms with van der Waals surface area (Å²) in [5, 5.41) is 11.2. The Balaban J connectivity index is 1.61. The van der Waals surface area contributed by atoms with Crippen molar-refractivity contribution in [1.82, 2.24) is 29.4 Å². The van der Waals surface area contributed by atoms with Gasteiger partial charge >= 0.3 is 0 Å². The number of likely N-dealkylation sites (N-methyl/N-ethyl adjacent to an activating group) is 1. The summed E-state index contributed by atoms with van der Waals surface area (Å²) < 4.78 is 3.38. The van der Waals surface area contributed by atoms with Crippen molar-refractivity contribution in [2.24, 2.45) is 7.05 Å². The first-order chi connectivity index (χ1) is 12.4. The Hall–Kier alpha value is -3.00. The van der Waals surface area contributed by atoms with Crippen LogP contribution in [0.15, 0.2) is 43.0 Å². The van der Waals surface area contributed by atoms with E-state index in [-0.39, 0.29) is 18.5 Å². The molecule has 0 spiro atoms. The topological polar surface area (TPSA) is 80.9 Å². The zero-order valence-corrected chi connectivity index (χ0v) is 15.4. The zero-order valence-electron chi connectivity index (χ0n) is 15.4. The molecule has 0 aliphatic heterocycles. The van der Waals surface area contributed by atoms with E-state index in [1.54, 1.807) is 15.7 Å². The van der Waals surface area contributed by atoms with E-state index in [0.29, 0.717) is 5.82 Å². The molecule has 0 radical (unpaired) electrons. The molecule has 8 nitrogen and oxygen atoms in total. The normalized spacial score (nSPS) is 12.3. The molecule has 0 fully saturated rings. The molecule has 0 saturated heterocycles. The van der Waals surface area contributed by atoms with Crippen LogP contribution >= 0.6 is 0 Å². The van der Waals surface area contributed by atoms with E-state index in [0.717, 1.165) is 16.9 Å². The van der Waals surface area contributed by atoms with Gasteiger partial charge in [-0.2, -0.15) is 10.2 Å². The number of aromatic nitrogens is 5. The Morgan fingerprint density at radius 1 is 1.31 bits per heavy atom. The van der Waals surface area contributed by atoms with Crippen LogP contribution in [-0.2, 0) is 11.8 Å². The van der Waals surface area contributed by atoms with Crippen LogP contribution in [0.25, 0.3) is 5.69 Å². The van der Waals surface area contributed by atoms with Gasteiger partial charge in [0.1, 0.15) is 18.5 Å². The molecular formula is C18H23N7O. The van der Waals surface area contributed by atoms with Gasteiger partial charge in [-0.15, -0.1) is 0 Å². The number of aryl methyl sites for hydroxylation is 2. The standard InChI is InChI=1S/C18H23N7O/c1-13-9-17(24(4)22-13)21-18(26)10-23(3)14(2)15-5-7-16(8-6-15)25-12-19-11-20-25/h5-9,11-12,14H,10H2,1-4H3,(H,21,26). The van der Waals surface area contributed by atoms with Gasteiger partial charge in [-0.1, -0.05) is 12.1 Å². The highest BCUT2D eigenvalue weighted by molar-refractivity contribution is 5.91. The van der Waals surface area contributed by atoms with Crippen LogP contribution < -0.4 is 5.32 Å². The third-order valence-corrected chi connectivity index (χ3v) is 4.38. The molecule has 1 unspecified atom stereocenters. The van der Waals surface area contributed by atoms with Gasteiger partial charge in [0.15, 0.2) is 0 Å². The lowest BCUT2D eigenvalue weighted by atomic mass is 10.1. The summed E-state index contributed by atoms with van der Waals surface area (Å²) in [6, 6.07) is 10.0. The maximum Gasteiger partial charge on any atom is 0.239 e. The SMILES string of the molecule is Cc1cc(NC(=O)CN(C)C(C)c2ccc(-n3cncn3)cc2)n(C)n1. The van der Waals surface area contributed by atoms with Gasteiger partial charge in [-0.05, 0) is 38.6 Å². The summed E-state index contributed by atoms with van der Waals surface area (Å²) in [6.45, 7) is 4.26. The fraction of sp³-hybridized carbons (Fsp3) is 0.333. The number of carbonyl (C=O) groups excluding carboxylic acids is 1. The molecule has 3 rings (SSSR count). The highest BCUT2D eigenvalue weighted by atomic mass is 16.2. The van der Waals surface area contributed by atoms with Crippen molar-refractivity contribution in [3.63, 3.8) is 0 Å². The second-order valence-electron chi connectivity index (χ2n) is 6.37. The number of hydrogen-bond donors (Lipinski definition) is 1. The number of rotatable bonds is 6. The number of nitrogens with one attached hydrogen (secondary N) is 1. The van der Waals surface area contributed by atoms with E-state index >= 15 is 0 Å². The lowest BCUT2D eigenvalue weighted by Gasteiger charge is -2.24. The second-order valence-corrected chi connectivity index (χ2v) is 6.37. The average molecular weight is 353 g/mol. The Morgan fingerprint density at radius 3 is 2.62 bits per heavy atom. The third kappa shape index (κ3) is 3.97. The number of hydrogen-bond acceptors (Lipinski definition) is 5. The molecule has 1 atom stereocenters. The number of benzene rings is 1. The predicted octanol–water partition coefficient (Wildman–Crippen LogP) is 1.94. The molecule has 136 valence electrons. The first kappa shape index (κ1) is 17.8. The lowest BCUT2D eigenvalue weighted by Crippen LogP contribution is -2.32. The smallest absolute Gasteiger partial charge is 0.239 e. The van der Waals surface area contributed by atoms with Crippen LogP contribution in [0.2, 0.25) is 0 Å². The van der Waals surface area contributed by atoms with Crippen LogP contribution in [0.5, 0.6) is 0 Å². The van der Waals surface area contributed by atoms with E-state index in [4.69, 9.17) is 0 Å². The molecule has 0 bridgehead atoms. The van der Waals surface area contributed by atoms with Crippen LogP contribution in [0.1, 0.15) is 24.2 Å². The first-order valence-electron chi connectivity index (χ1n) is 8.39. The van der Waals surface area contributed by atoms with Gasteiger partial charge in [0.25, 0.3) is 0 Å². The Morgan fingerprint density at radius 2 is 2.04 bits per heavy atom. The van der Waals surface area contributed by atoms with E-state index in [9.17, 15) is 4.79 Å². The van der Waals surface area contributed by atoms with Gasteiger partial charge in [0.2, 0.25) is 5.91 Å². The molecule has 0 aliphatic rings. The number of carbonyl (C=O) groups is 1. The van der Waals surface area contributed by atoms with Gasteiger partial charge in [-0.3, -0.25) is 14.4 Å². The van der Waals surface area contributed by atoms with E-state index in [2.05, 4.69) is 27.4 Å². The summed E-state index contributed by atoms with van der Waals surface area (Å²) in [4.78, 5) is 18.3. The van der Waals surface area contributed by atoms with Crippen molar-refractivity contribution in [3.8, 4) is 5.69 Å². The van der Waals surface area contributed by atoms with Crippen LogP contribution in [0, 0.1) is 6.92 Å². The van der Waals surface area contributed by atoms with E-state index in [1.165, 1.54) is 6.33 Å². The molecule has 2 heterocycles. The number of anilines is 1. The summed E-state index contributed by atoms with van der Waals surface area (Å²) in [5.41, 5.74) is 2.95. The van der Waals surface area contributed by atoms with E-state index in [1.807, 2.05) is 56.3 Å². The second kappa shape index (κ2) is 7.49. The van der Waals surface area contributed by atoms with Crippen LogP contribution in [-0.4, -0.2) is 48.9 Å². The van der Waals surface area contributed by atoms with Gasteiger partial charge in [0, 0.05) is 19.2 Å². The molecule has 8 heteroatoms. The molecule has 0 saturated carbocycles. The summed E-state index contributed by atoms with van der Waals surface area (Å²) in [5.74, 6) is 0.632. The highest BCUT2D eigenvalue weighted by Crippen LogP contribution is 2.20. The molecule has 1 amide bonds. The minimum Gasteiger partial charge on any atom is -0.310 e. The summed E-state index contributed by atoms with van der Waals surface area (Å²) >= 11 is 0. The molecule has 1 aromatic carbocycles. The predicted molar refractivity (Wildman–Crippen MR) is 99.0 cm³/mol. The fourth-order valence-corrected chi connectivity index (χ4v) is 2.78. The minimum atomic E-state index is -0.0680. The largest absolute Gasteiger partial charge is 0.310 e. The fourth-order valence-electron chi connectivity index (χ4n) is 2.78. The zero-order chi connectivity index (χ0) is 18.7.